The van der Waals surface area contributed by atoms with Crippen LogP contribution in [0, 0.1) is 6.92 Å². The first kappa shape index (κ1) is 25.1. The van der Waals surface area contributed by atoms with E-state index in [1.165, 1.54) is 0 Å². The van der Waals surface area contributed by atoms with Crippen molar-refractivity contribution in [2.24, 2.45) is 0 Å². The van der Waals surface area contributed by atoms with Crippen LogP contribution < -0.4 is 19.1 Å². The van der Waals surface area contributed by atoms with E-state index in [0.29, 0.717) is 30.4 Å². The van der Waals surface area contributed by atoms with Crippen molar-refractivity contribution < 1.29 is 22.7 Å². The minimum Gasteiger partial charge on any atom is -0.490 e. The molecule has 3 aromatic rings. The lowest BCUT2D eigenvalue weighted by Crippen LogP contribution is -2.40. The number of para-hydroxylation sites is 1. The van der Waals surface area contributed by atoms with Crippen LogP contribution in [0.1, 0.15) is 25.0 Å². The number of nitrogens with one attached hydrogen (secondary N) is 1. The molecule has 0 bridgehead atoms. The second kappa shape index (κ2) is 11.6. The van der Waals surface area contributed by atoms with Gasteiger partial charge in [-0.05, 0) is 62.7 Å². The monoisotopic (exact) mass is 482 g/mol. The number of hydrogen-bond donors (Lipinski definition) is 1. The Morgan fingerprint density at radius 1 is 0.882 bits per heavy atom. The van der Waals surface area contributed by atoms with Gasteiger partial charge >= 0.3 is 0 Å². The highest BCUT2D eigenvalue weighted by molar-refractivity contribution is 7.92. The van der Waals surface area contributed by atoms with Crippen molar-refractivity contribution in [3.05, 3.63) is 83.9 Å². The van der Waals surface area contributed by atoms with E-state index in [-0.39, 0.29) is 18.0 Å². The minimum absolute atomic E-state index is 0.127. The Kier molecular flexibility index (Phi) is 8.54. The van der Waals surface area contributed by atoms with Gasteiger partial charge in [0.15, 0.2) is 11.5 Å². The van der Waals surface area contributed by atoms with Gasteiger partial charge in [-0.2, -0.15) is 0 Å². The van der Waals surface area contributed by atoms with Gasteiger partial charge in [0.2, 0.25) is 5.91 Å². The molecule has 34 heavy (non-hydrogen) atoms. The number of hydrogen-bond acceptors (Lipinski definition) is 5. The number of nitrogens with zero attached hydrogens (tertiary/aromatic N) is 1. The normalized spacial score (nSPS) is 11.0. The summed E-state index contributed by atoms with van der Waals surface area (Å²) < 4.78 is 39.1. The van der Waals surface area contributed by atoms with Gasteiger partial charge in [0.05, 0.1) is 23.8 Å². The van der Waals surface area contributed by atoms with E-state index >= 15 is 0 Å². The summed E-state index contributed by atoms with van der Waals surface area (Å²) in [5, 5.41) is 2.81. The maximum atomic E-state index is 13.4. The molecular weight excluding hydrogens is 452 g/mol. The predicted molar refractivity (Wildman–Crippen MR) is 133 cm³/mol. The van der Waals surface area contributed by atoms with Crippen LogP contribution in [-0.2, 0) is 21.4 Å². The zero-order valence-corrected chi connectivity index (χ0v) is 20.5. The molecule has 0 aliphatic rings. The van der Waals surface area contributed by atoms with Gasteiger partial charge < -0.3 is 14.8 Å². The zero-order chi connectivity index (χ0) is 24.6. The second-order valence-electron chi connectivity index (χ2n) is 7.58. The predicted octanol–water partition coefficient (Wildman–Crippen LogP) is 4.30. The highest BCUT2D eigenvalue weighted by Gasteiger charge is 2.27. The Morgan fingerprint density at radius 3 is 2.18 bits per heavy atom. The van der Waals surface area contributed by atoms with E-state index in [4.69, 9.17) is 9.47 Å². The molecule has 3 rings (SSSR count). The van der Waals surface area contributed by atoms with Crippen LogP contribution in [0.25, 0.3) is 0 Å². The SMILES string of the molecule is CCOc1ccc(CNC(=O)CN(c2ccccc2)S(=O)(=O)c2ccc(C)cc2)cc1OCC. The first-order chi connectivity index (χ1) is 16.3. The van der Waals surface area contributed by atoms with Crippen molar-refractivity contribution in [2.45, 2.75) is 32.2 Å². The van der Waals surface area contributed by atoms with Gasteiger partial charge in [0.1, 0.15) is 6.54 Å². The van der Waals surface area contributed by atoms with E-state index in [0.717, 1.165) is 15.4 Å². The summed E-state index contributed by atoms with van der Waals surface area (Å²) in [6, 6.07) is 20.6. The number of ether oxygens (including phenoxy) is 2. The lowest BCUT2D eigenvalue weighted by atomic mass is 10.2. The molecule has 7 nitrogen and oxygen atoms in total. The molecular formula is C26H30N2O5S. The Bertz CT molecular complexity index is 1200. The fourth-order valence-corrected chi connectivity index (χ4v) is 4.76. The Balaban J connectivity index is 1.78. The summed E-state index contributed by atoms with van der Waals surface area (Å²) >= 11 is 0. The summed E-state index contributed by atoms with van der Waals surface area (Å²) in [6.07, 6.45) is 0. The van der Waals surface area contributed by atoms with Crippen LogP contribution in [0.4, 0.5) is 5.69 Å². The molecule has 0 aromatic heterocycles. The van der Waals surface area contributed by atoms with Gasteiger partial charge in [0.25, 0.3) is 10.0 Å². The van der Waals surface area contributed by atoms with Crippen LogP contribution in [0.15, 0.2) is 77.7 Å². The van der Waals surface area contributed by atoms with Crippen LogP contribution >= 0.6 is 0 Å². The summed E-state index contributed by atoms with van der Waals surface area (Å²) in [4.78, 5) is 13.0. The number of benzene rings is 3. The first-order valence-corrected chi connectivity index (χ1v) is 12.6. The molecule has 0 unspecified atom stereocenters. The Morgan fingerprint density at radius 2 is 1.53 bits per heavy atom. The van der Waals surface area contributed by atoms with Crippen molar-refractivity contribution in [3.63, 3.8) is 0 Å². The summed E-state index contributed by atoms with van der Waals surface area (Å²) in [7, 11) is -3.94. The molecule has 1 amide bonds. The van der Waals surface area contributed by atoms with Crippen LogP contribution in [-0.4, -0.2) is 34.1 Å². The van der Waals surface area contributed by atoms with E-state index in [2.05, 4.69) is 5.32 Å². The van der Waals surface area contributed by atoms with Crippen molar-refractivity contribution in [1.82, 2.24) is 5.32 Å². The topological polar surface area (TPSA) is 84.9 Å². The molecule has 0 saturated heterocycles. The smallest absolute Gasteiger partial charge is 0.264 e. The average Bonchev–Trinajstić information content (AvgIpc) is 2.83. The minimum atomic E-state index is -3.94. The molecule has 1 N–H and O–H groups in total. The van der Waals surface area contributed by atoms with Crippen molar-refractivity contribution in [2.75, 3.05) is 24.1 Å². The standard InChI is InChI=1S/C26H30N2O5S/c1-4-32-24-16-13-21(17-25(24)33-5-2)18-27-26(29)19-28(22-9-7-6-8-10-22)34(30,31)23-14-11-20(3)12-15-23/h6-17H,4-5,18-19H2,1-3H3,(H,27,29). The highest BCUT2D eigenvalue weighted by Crippen LogP contribution is 2.28. The lowest BCUT2D eigenvalue weighted by Gasteiger charge is -2.24. The van der Waals surface area contributed by atoms with E-state index < -0.39 is 15.9 Å². The van der Waals surface area contributed by atoms with Crippen molar-refractivity contribution in [1.29, 1.82) is 0 Å². The number of amides is 1. The van der Waals surface area contributed by atoms with Crippen LogP contribution in [0.5, 0.6) is 11.5 Å². The third-order valence-corrected chi connectivity index (χ3v) is 6.83. The molecule has 0 aliphatic carbocycles. The van der Waals surface area contributed by atoms with Gasteiger partial charge in [0, 0.05) is 6.54 Å². The molecule has 8 heteroatoms. The number of sulfonamides is 1. The maximum absolute atomic E-state index is 13.4. The number of carbonyl (C=O) groups excluding carboxylic acids is 1. The van der Waals surface area contributed by atoms with Gasteiger partial charge in [-0.1, -0.05) is 42.0 Å². The average molecular weight is 483 g/mol. The van der Waals surface area contributed by atoms with Gasteiger partial charge in [-0.25, -0.2) is 8.42 Å². The van der Waals surface area contributed by atoms with Crippen molar-refractivity contribution in [3.8, 4) is 11.5 Å². The molecule has 0 aliphatic heterocycles. The number of aryl methyl sites for hydroxylation is 1. The summed E-state index contributed by atoms with van der Waals surface area (Å²) in [5.74, 6) is 0.814. The molecule has 0 spiro atoms. The number of anilines is 1. The fraction of sp³-hybridized carbons (Fsp3) is 0.269. The molecule has 180 valence electrons. The maximum Gasteiger partial charge on any atom is 0.264 e. The highest BCUT2D eigenvalue weighted by atomic mass is 32.2. The van der Waals surface area contributed by atoms with Gasteiger partial charge in [-0.3, -0.25) is 9.10 Å². The first-order valence-electron chi connectivity index (χ1n) is 11.1. The van der Waals surface area contributed by atoms with Crippen LogP contribution in [0.2, 0.25) is 0 Å². The Labute approximate surface area is 201 Å². The third kappa shape index (κ3) is 6.29. The third-order valence-electron chi connectivity index (χ3n) is 5.04. The lowest BCUT2D eigenvalue weighted by molar-refractivity contribution is -0.119. The van der Waals surface area contributed by atoms with E-state index in [9.17, 15) is 13.2 Å². The quantitative estimate of drug-likeness (QED) is 0.440. The molecule has 0 saturated carbocycles. The van der Waals surface area contributed by atoms with Crippen LogP contribution in [0.3, 0.4) is 0 Å². The molecule has 0 atom stereocenters. The Hall–Kier alpha value is -3.52. The summed E-state index contributed by atoms with van der Waals surface area (Å²) in [6.45, 7) is 6.54. The number of rotatable bonds is 11. The summed E-state index contributed by atoms with van der Waals surface area (Å²) in [5.41, 5.74) is 2.18. The molecule has 3 aromatic carbocycles. The fourth-order valence-electron chi connectivity index (χ4n) is 3.34. The zero-order valence-electron chi connectivity index (χ0n) is 19.7. The molecule has 0 heterocycles. The second-order valence-corrected chi connectivity index (χ2v) is 9.45. The van der Waals surface area contributed by atoms with E-state index in [1.807, 2.05) is 32.9 Å². The number of carbonyl (C=O) groups is 1. The van der Waals surface area contributed by atoms with E-state index in [1.54, 1.807) is 60.7 Å². The largest absolute Gasteiger partial charge is 0.490 e. The van der Waals surface area contributed by atoms with Crippen molar-refractivity contribution >= 4 is 21.6 Å². The van der Waals surface area contributed by atoms with Gasteiger partial charge in [-0.15, -0.1) is 0 Å². The molecule has 0 fully saturated rings. The molecule has 0 radical (unpaired) electrons.